The van der Waals surface area contributed by atoms with Crippen molar-refractivity contribution in [1.29, 1.82) is 0 Å². The summed E-state index contributed by atoms with van der Waals surface area (Å²) in [5, 5.41) is 8.24. The first-order chi connectivity index (χ1) is 8.86. The largest absolute Gasteiger partial charge is 0.398 e. The van der Waals surface area contributed by atoms with Crippen LogP contribution in [-0.4, -0.2) is 8.42 Å². The molecule has 0 aliphatic rings. The lowest BCUT2D eigenvalue weighted by Gasteiger charge is -2.08. The standard InChI is InChI=1S/C12H15N3O2S2/c1-8-2-4-10(18-8)7-15-9-3-5-12(11(13)6-9)19(14,16)17/h2-6,15H,7,13H2,1H3,(H2,14,16,17). The fourth-order valence-electron chi connectivity index (χ4n) is 1.69. The van der Waals surface area contributed by atoms with Crippen molar-refractivity contribution in [1.82, 2.24) is 0 Å². The fourth-order valence-corrected chi connectivity index (χ4v) is 3.16. The van der Waals surface area contributed by atoms with E-state index in [1.807, 2.05) is 6.92 Å². The Kier molecular flexibility index (Phi) is 3.79. The maximum absolute atomic E-state index is 11.2. The minimum atomic E-state index is -3.76. The number of nitrogens with two attached hydrogens (primary N) is 2. The highest BCUT2D eigenvalue weighted by Crippen LogP contribution is 2.22. The van der Waals surface area contributed by atoms with Crippen LogP contribution in [0.4, 0.5) is 11.4 Å². The van der Waals surface area contributed by atoms with Crippen LogP contribution in [0, 0.1) is 6.92 Å². The third kappa shape index (κ3) is 3.46. The molecule has 0 bridgehead atoms. The van der Waals surface area contributed by atoms with Crippen LogP contribution in [0.5, 0.6) is 0 Å². The Hall–Kier alpha value is -1.57. The summed E-state index contributed by atoms with van der Waals surface area (Å²) in [7, 11) is -3.76. The van der Waals surface area contributed by atoms with Crippen molar-refractivity contribution < 1.29 is 8.42 Å². The third-order valence-corrected chi connectivity index (χ3v) is 4.56. The normalized spacial score (nSPS) is 11.5. The van der Waals surface area contributed by atoms with Crippen molar-refractivity contribution in [3.63, 3.8) is 0 Å². The van der Waals surface area contributed by atoms with Gasteiger partial charge in [-0.25, -0.2) is 13.6 Å². The quantitative estimate of drug-likeness (QED) is 0.751. The van der Waals surface area contributed by atoms with E-state index in [0.29, 0.717) is 6.54 Å². The minimum Gasteiger partial charge on any atom is -0.398 e. The number of sulfonamides is 1. The summed E-state index contributed by atoms with van der Waals surface area (Å²) in [5.41, 5.74) is 6.59. The highest BCUT2D eigenvalue weighted by molar-refractivity contribution is 7.89. The molecule has 102 valence electrons. The van der Waals surface area contributed by atoms with Gasteiger partial charge in [0.25, 0.3) is 0 Å². The highest BCUT2D eigenvalue weighted by Gasteiger charge is 2.12. The van der Waals surface area contributed by atoms with Gasteiger partial charge in [-0.05, 0) is 37.3 Å². The lowest BCUT2D eigenvalue weighted by molar-refractivity contribution is 0.598. The maximum Gasteiger partial charge on any atom is 0.240 e. The Morgan fingerprint density at radius 2 is 2.00 bits per heavy atom. The number of primary sulfonamides is 1. The van der Waals surface area contributed by atoms with Crippen LogP contribution in [0.1, 0.15) is 9.75 Å². The summed E-state index contributed by atoms with van der Waals surface area (Å²) in [4.78, 5) is 2.40. The summed E-state index contributed by atoms with van der Waals surface area (Å²) in [6, 6.07) is 8.73. The molecule has 1 aromatic heterocycles. The lowest BCUT2D eigenvalue weighted by atomic mass is 10.3. The predicted octanol–water partition coefficient (Wildman–Crippen LogP) is 1.90. The summed E-state index contributed by atoms with van der Waals surface area (Å²) in [6.45, 7) is 2.72. The maximum atomic E-state index is 11.2. The monoisotopic (exact) mass is 297 g/mol. The number of anilines is 2. The highest BCUT2D eigenvalue weighted by atomic mass is 32.2. The number of aryl methyl sites for hydroxylation is 1. The molecule has 1 heterocycles. The van der Waals surface area contributed by atoms with E-state index >= 15 is 0 Å². The number of thiophene rings is 1. The first-order valence-corrected chi connectivity index (χ1v) is 7.94. The molecule has 0 amide bonds. The molecule has 5 nitrogen and oxygen atoms in total. The Bertz CT molecular complexity index is 693. The van der Waals surface area contributed by atoms with Crippen molar-refractivity contribution in [2.45, 2.75) is 18.4 Å². The van der Waals surface area contributed by atoms with Crippen molar-refractivity contribution in [2.75, 3.05) is 11.1 Å². The van der Waals surface area contributed by atoms with E-state index in [-0.39, 0.29) is 10.6 Å². The number of rotatable bonds is 4. The third-order valence-electron chi connectivity index (χ3n) is 2.58. The first-order valence-electron chi connectivity index (χ1n) is 5.58. The predicted molar refractivity (Wildman–Crippen MR) is 78.6 cm³/mol. The number of benzene rings is 1. The number of hydrogen-bond donors (Lipinski definition) is 3. The molecule has 5 N–H and O–H groups in total. The Labute approximate surface area is 116 Å². The zero-order valence-corrected chi connectivity index (χ0v) is 12.0. The molecule has 2 rings (SSSR count). The summed E-state index contributed by atoms with van der Waals surface area (Å²) in [5.74, 6) is 0. The number of hydrogen-bond acceptors (Lipinski definition) is 5. The molecule has 0 fully saturated rings. The van der Waals surface area contributed by atoms with Gasteiger partial charge < -0.3 is 11.1 Å². The van der Waals surface area contributed by atoms with Crippen LogP contribution in [-0.2, 0) is 16.6 Å². The SMILES string of the molecule is Cc1ccc(CNc2ccc(S(N)(=O)=O)c(N)c2)s1. The van der Waals surface area contributed by atoms with Gasteiger partial charge in [0, 0.05) is 22.0 Å². The van der Waals surface area contributed by atoms with Crippen molar-refractivity contribution in [2.24, 2.45) is 5.14 Å². The van der Waals surface area contributed by atoms with Crippen LogP contribution in [0.3, 0.4) is 0 Å². The molecule has 2 aromatic rings. The fraction of sp³-hybridized carbons (Fsp3) is 0.167. The molecule has 0 atom stereocenters. The van der Waals surface area contributed by atoms with Gasteiger partial charge in [0.2, 0.25) is 10.0 Å². The van der Waals surface area contributed by atoms with E-state index in [2.05, 4.69) is 17.4 Å². The first kappa shape index (κ1) is 13.9. The van der Waals surface area contributed by atoms with Gasteiger partial charge in [-0.1, -0.05) is 0 Å². The van der Waals surface area contributed by atoms with E-state index in [1.54, 1.807) is 23.5 Å². The van der Waals surface area contributed by atoms with Gasteiger partial charge in [0.05, 0.1) is 5.69 Å². The van der Waals surface area contributed by atoms with Crippen molar-refractivity contribution in [3.05, 3.63) is 40.1 Å². The molecule has 0 aliphatic heterocycles. The molecule has 0 saturated carbocycles. The van der Waals surface area contributed by atoms with Crippen LogP contribution < -0.4 is 16.2 Å². The second kappa shape index (κ2) is 5.20. The van der Waals surface area contributed by atoms with Gasteiger partial charge >= 0.3 is 0 Å². The smallest absolute Gasteiger partial charge is 0.240 e. The Morgan fingerprint density at radius 3 is 2.53 bits per heavy atom. The molecular formula is C12H15N3O2S2. The van der Waals surface area contributed by atoms with E-state index in [0.717, 1.165) is 5.69 Å². The molecule has 0 saturated heterocycles. The molecule has 0 aliphatic carbocycles. The van der Waals surface area contributed by atoms with Gasteiger partial charge in [-0.2, -0.15) is 0 Å². The Morgan fingerprint density at radius 1 is 1.26 bits per heavy atom. The molecule has 1 aromatic carbocycles. The average molecular weight is 297 g/mol. The molecule has 0 radical (unpaired) electrons. The summed E-state index contributed by atoms with van der Waals surface area (Å²) < 4.78 is 22.5. The molecule has 7 heteroatoms. The van der Waals surface area contributed by atoms with Crippen LogP contribution in [0.15, 0.2) is 35.2 Å². The van der Waals surface area contributed by atoms with Crippen LogP contribution >= 0.6 is 11.3 Å². The van der Waals surface area contributed by atoms with Crippen molar-refractivity contribution >= 4 is 32.7 Å². The molecule has 19 heavy (non-hydrogen) atoms. The van der Waals surface area contributed by atoms with E-state index in [1.165, 1.54) is 15.8 Å². The average Bonchev–Trinajstić information content (AvgIpc) is 2.71. The summed E-state index contributed by atoms with van der Waals surface area (Å²) in [6.07, 6.45) is 0. The zero-order valence-electron chi connectivity index (χ0n) is 10.4. The number of nitrogen functional groups attached to an aromatic ring is 1. The van der Waals surface area contributed by atoms with Gasteiger partial charge in [0.1, 0.15) is 4.90 Å². The van der Waals surface area contributed by atoms with Gasteiger partial charge in [0.15, 0.2) is 0 Å². The van der Waals surface area contributed by atoms with Crippen LogP contribution in [0.25, 0.3) is 0 Å². The minimum absolute atomic E-state index is 0.0509. The molecule has 0 unspecified atom stereocenters. The van der Waals surface area contributed by atoms with Crippen molar-refractivity contribution in [3.8, 4) is 0 Å². The topological polar surface area (TPSA) is 98.2 Å². The molecular weight excluding hydrogens is 282 g/mol. The second-order valence-electron chi connectivity index (χ2n) is 4.16. The Balaban J connectivity index is 2.12. The second-order valence-corrected chi connectivity index (χ2v) is 7.07. The van der Waals surface area contributed by atoms with Gasteiger partial charge in [-0.3, -0.25) is 0 Å². The summed E-state index contributed by atoms with van der Waals surface area (Å²) >= 11 is 1.71. The lowest BCUT2D eigenvalue weighted by Crippen LogP contribution is -2.14. The van der Waals surface area contributed by atoms with Gasteiger partial charge in [-0.15, -0.1) is 11.3 Å². The molecule has 0 spiro atoms. The van der Waals surface area contributed by atoms with E-state index in [4.69, 9.17) is 10.9 Å². The van der Waals surface area contributed by atoms with E-state index in [9.17, 15) is 8.42 Å². The van der Waals surface area contributed by atoms with Crippen LogP contribution in [0.2, 0.25) is 0 Å². The number of nitrogens with one attached hydrogen (secondary N) is 1. The van der Waals surface area contributed by atoms with E-state index < -0.39 is 10.0 Å². The zero-order chi connectivity index (χ0) is 14.0.